The molecule has 0 saturated carbocycles. The second kappa shape index (κ2) is 7.18. The number of benzene rings is 1. The van der Waals surface area contributed by atoms with E-state index in [0.29, 0.717) is 19.7 Å². The molecule has 1 aromatic carbocycles. The molecule has 0 bridgehead atoms. The second-order valence-corrected chi connectivity index (χ2v) is 5.92. The average molecular weight is 344 g/mol. The fraction of sp³-hybridized carbons (Fsp3) is 0.533. The Morgan fingerprint density at radius 1 is 1.55 bits per heavy atom. The third-order valence-corrected chi connectivity index (χ3v) is 4.30. The van der Waals surface area contributed by atoms with Crippen LogP contribution < -0.4 is 0 Å². The van der Waals surface area contributed by atoms with Gasteiger partial charge in [-0.25, -0.2) is 4.39 Å². The van der Waals surface area contributed by atoms with Gasteiger partial charge in [0, 0.05) is 17.6 Å². The number of likely N-dealkylation sites (tertiary alicyclic amines) is 1. The van der Waals surface area contributed by atoms with Gasteiger partial charge in [-0.2, -0.15) is 0 Å². The summed E-state index contributed by atoms with van der Waals surface area (Å²) in [5.41, 5.74) is 0.912. The van der Waals surface area contributed by atoms with E-state index < -0.39 is 0 Å². The van der Waals surface area contributed by atoms with Crippen LogP contribution in [0.4, 0.5) is 4.39 Å². The lowest BCUT2D eigenvalue weighted by Gasteiger charge is -2.31. The van der Waals surface area contributed by atoms with Gasteiger partial charge in [-0.15, -0.1) is 0 Å². The molecule has 1 fully saturated rings. The molecule has 1 aliphatic heterocycles. The molecule has 0 aromatic heterocycles. The SMILES string of the molecule is CCOC(=O)[C@H]1CCCN(Cc2cc(F)ccc2Br)C1. The van der Waals surface area contributed by atoms with Gasteiger partial charge in [-0.3, -0.25) is 9.69 Å². The third-order valence-electron chi connectivity index (χ3n) is 3.53. The first-order chi connectivity index (χ1) is 9.60. The third kappa shape index (κ3) is 4.03. The van der Waals surface area contributed by atoms with Gasteiger partial charge in [-0.05, 0) is 50.1 Å². The minimum atomic E-state index is -0.234. The van der Waals surface area contributed by atoms with Gasteiger partial charge in [-0.1, -0.05) is 15.9 Å². The van der Waals surface area contributed by atoms with Crippen molar-refractivity contribution in [3.05, 3.63) is 34.1 Å². The van der Waals surface area contributed by atoms with Crippen molar-refractivity contribution in [2.45, 2.75) is 26.3 Å². The Morgan fingerprint density at radius 3 is 3.10 bits per heavy atom. The minimum Gasteiger partial charge on any atom is -0.466 e. The first-order valence-corrected chi connectivity index (χ1v) is 7.72. The number of hydrogen-bond donors (Lipinski definition) is 0. The summed E-state index contributed by atoms with van der Waals surface area (Å²) < 4.78 is 19.3. The molecule has 1 atom stereocenters. The zero-order valence-electron chi connectivity index (χ0n) is 11.6. The van der Waals surface area contributed by atoms with Crippen molar-refractivity contribution in [1.82, 2.24) is 4.90 Å². The first-order valence-electron chi connectivity index (χ1n) is 6.93. The molecule has 0 amide bonds. The van der Waals surface area contributed by atoms with Crippen LogP contribution in [0.15, 0.2) is 22.7 Å². The van der Waals surface area contributed by atoms with Gasteiger partial charge >= 0.3 is 5.97 Å². The van der Waals surface area contributed by atoms with Crippen LogP contribution in [0, 0.1) is 11.7 Å². The zero-order chi connectivity index (χ0) is 14.5. The Labute approximate surface area is 127 Å². The van der Waals surface area contributed by atoms with Gasteiger partial charge < -0.3 is 4.74 Å². The Balaban J connectivity index is 1.99. The molecule has 0 radical (unpaired) electrons. The van der Waals surface area contributed by atoms with Gasteiger partial charge in [0.15, 0.2) is 0 Å². The predicted molar refractivity (Wildman–Crippen MR) is 78.7 cm³/mol. The molecule has 1 aromatic rings. The van der Waals surface area contributed by atoms with Crippen LogP contribution >= 0.6 is 15.9 Å². The van der Waals surface area contributed by atoms with Crippen molar-refractivity contribution in [3.63, 3.8) is 0 Å². The molecule has 1 heterocycles. The minimum absolute atomic E-state index is 0.0592. The maximum Gasteiger partial charge on any atom is 0.310 e. The van der Waals surface area contributed by atoms with Crippen molar-refractivity contribution in [1.29, 1.82) is 0 Å². The molecule has 0 aliphatic carbocycles. The number of carbonyl (C=O) groups is 1. The number of carbonyl (C=O) groups excluding carboxylic acids is 1. The highest BCUT2D eigenvalue weighted by Crippen LogP contribution is 2.23. The number of nitrogens with zero attached hydrogens (tertiary/aromatic N) is 1. The maximum atomic E-state index is 13.3. The highest BCUT2D eigenvalue weighted by Gasteiger charge is 2.27. The number of hydrogen-bond acceptors (Lipinski definition) is 3. The molecule has 110 valence electrons. The van der Waals surface area contributed by atoms with Crippen LogP contribution in [-0.2, 0) is 16.1 Å². The number of halogens is 2. The zero-order valence-corrected chi connectivity index (χ0v) is 13.2. The maximum absolute atomic E-state index is 13.3. The van der Waals surface area contributed by atoms with E-state index >= 15 is 0 Å². The van der Waals surface area contributed by atoms with Crippen LogP contribution in [0.25, 0.3) is 0 Å². The summed E-state index contributed by atoms with van der Waals surface area (Å²) in [6.07, 6.45) is 1.84. The summed E-state index contributed by atoms with van der Waals surface area (Å²) in [5, 5.41) is 0. The Morgan fingerprint density at radius 2 is 2.35 bits per heavy atom. The molecule has 0 spiro atoms. The summed E-state index contributed by atoms with van der Waals surface area (Å²) in [5.74, 6) is -0.409. The van der Waals surface area contributed by atoms with Gasteiger partial charge in [0.05, 0.1) is 12.5 Å². The monoisotopic (exact) mass is 343 g/mol. The van der Waals surface area contributed by atoms with E-state index in [-0.39, 0.29) is 17.7 Å². The van der Waals surface area contributed by atoms with E-state index in [2.05, 4.69) is 20.8 Å². The molecular weight excluding hydrogens is 325 g/mol. The quantitative estimate of drug-likeness (QED) is 0.785. The van der Waals surface area contributed by atoms with Gasteiger partial charge in [0.25, 0.3) is 0 Å². The number of piperidine rings is 1. The highest BCUT2D eigenvalue weighted by molar-refractivity contribution is 9.10. The molecule has 0 unspecified atom stereocenters. The lowest BCUT2D eigenvalue weighted by atomic mass is 9.97. The van der Waals surface area contributed by atoms with E-state index in [9.17, 15) is 9.18 Å². The Bertz CT molecular complexity index is 481. The largest absolute Gasteiger partial charge is 0.466 e. The van der Waals surface area contributed by atoms with Crippen molar-refractivity contribution >= 4 is 21.9 Å². The fourth-order valence-electron chi connectivity index (χ4n) is 2.56. The fourth-order valence-corrected chi connectivity index (χ4v) is 2.93. The van der Waals surface area contributed by atoms with E-state index in [1.807, 2.05) is 6.92 Å². The summed E-state index contributed by atoms with van der Waals surface area (Å²) in [4.78, 5) is 14.0. The van der Waals surface area contributed by atoms with Crippen LogP contribution in [0.1, 0.15) is 25.3 Å². The highest BCUT2D eigenvalue weighted by atomic mass is 79.9. The van der Waals surface area contributed by atoms with Gasteiger partial charge in [0.2, 0.25) is 0 Å². The van der Waals surface area contributed by atoms with Crippen molar-refractivity contribution < 1.29 is 13.9 Å². The van der Waals surface area contributed by atoms with Crippen molar-refractivity contribution in [2.75, 3.05) is 19.7 Å². The number of rotatable bonds is 4. The normalized spacial score (nSPS) is 19.9. The lowest BCUT2D eigenvalue weighted by molar-refractivity contribution is -0.150. The second-order valence-electron chi connectivity index (χ2n) is 5.06. The van der Waals surface area contributed by atoms with Crippen LogP contribution in [0.5, 0.6) is 0 Å². The van der Waals surface area contributed by atoms with E-state index in [1.54, 1.807) is 6.07 Å². The Kier molecular flexibility index (Phi) is 5.54. The topological polar surface area (TPSA) is 29.5 Å². The first kappa shape index (κ1) is 15.4. The van der Waals surface area contributed by atoms with Crippen LogP contribution in [0.2, 0.25) is 0 Å². The van der Waals surface area contributed by atoms with Crippen molar-refractivity contribution in [2.24, 2.45) is 5.92 Å². The molecule has 0 N–H and O–H groups in total. The molecule has 5 heteroatoms. The number of ether oxygens (including phenoxy) is 1. The van der Waals surface area contributed by atoms with Crippen LogP contribution in [0.3, 0.4) is 0 Å². The van der Waals surface area contributed by atoms with Crippen LogP contribution in [-0.4, -0.2) is 30.6 Å². The predicted octanol–water partition coefficient (Wildman–Crippen LogP) is 3.36. The smallest absolute Gasteiger partial charge is 0.310 e. The number of esters is 1. The summed E-state index contributed by atoms with van der Waals surface area (Å²) in [6.45, 7) is 4.50. The van der Waals surface area contributed by atoms with Crippen molar-refractivity contribution in [3.8, 4) is 0 Å². The molecule has 20 heavy (non-hydrogen) atoms. The van der Waals surface area contributed by atoms with E-state index in [0.717, 1.165) is 29.4 Å². The Hall–Kier alpha value is -0.940. The summed E-state index contributed by atoms with van der Waals surface area (Å²) in [7, 11) is 0. The molecule has 3 nitrogen and oxygen atoms in total. The molecule has 2 rings (SSSR count). The van der Waals surface area contributed by atoms with E-state index in [1.165, 1.54) is 12.1 Å². The molecule has 1 saturated heterocycles. The standard InChI is InChI=1S/C15H19BrFNO2/c1-2-20-15(19)11-4-3-7-18(9-11)10-12-8-13(17)5-6-14(12)16/h5-6,8,11H,2-4,7,9-10H2,1H3/t11-/m0/s1. The summed E-state index contributed by atoms with van der Waals surface area (Å²) >= 11 is 3.44. The molecular formula is C15H19BrFNO2. The average Bonchev–Trinajstić information content (AvgIpc) is 2.43. The lowest BCUT2D eigenvalue weighted by Crippen LogP contribution is -2.39. The summed E-state index contributed by atoms with van der Waals surface area (Å²) in [6, 6.07) is 4.70. The van der Waals surface area contributed by atoms with E-state index in [4.69, 9.17) is 4.74 Å². The molecule has 1 aliphatic rings. The van der Waals surface area contributed by atoms with Gasteiger partial charge in [0.1, 0.15) is 5.82 Å².